The third-order valence-corrected chi connectivity index (χ3v) is 7.05. The molecule has 0 atom stereocenters. The lowest BCUT2D eigenvalue weighted by Crippen LogP contribution is -2.34. The molecule has 0 bridgehead atoms. The van der Waals surface area contributed by atoms with Gasteiger partial charge in [-0.1, -0.05) is 0 Å². The number of unbranched alkanes of at least 4 members (excludes halogenated alkanes) is 2. The van der Waals surface area contributed by atoms with Crippen LogP contribution in [-0.2, 0) is 22.7 Å². The summed E-state index contributed by atoms with van der Waals surface area (Å²) in [6.45, 7) is 4.94. The first kappa shape index (κ1) is 32.5. The first-order chi connectivity index (χ1) is 21.7. The molecule has 0 aliphatic rings. The van der Waals surface area contributed by atoms with Gasteiger partial charge in [0.15, 0.2) is 24.8 Å². The zero-order valence-corrected chi connectivity index (χ0v) is 26.4. The van der Waals surface area contributed by atoms with Gasteiger partial charge < -0.3 is 10.6 Å². The van der Waals surface area contributed by atoms with Gasteiger partial charge in [-0.3, -0.25) is 19.6 Å². The van der Waals surface area contributed by atoms with E-state index in [9.17, 15) is 9.59 Å². The number of carbonyl (C=O) groups is 2. The number of amides is 2. The predicted octanol–water partition coefficient (Wildman–Crippen LogP) is 4.99. The van der Waals surface area contributed by atoms with E-state index in [-0.39, 0.29) is 11.8 Å². The molecule has 0 spiro atoms. The minimum Gasteiger partial charge on any atom is -0.326 e. The summed E-state index contributed by atoms with van der Waals surface area (Å²) in [4.78, 5) is 22.4. The summed E-state index contributed by atoms with van der Waals surface area (Å²) in [6.07, 6.45) is 15.4. The second kappa shape index (κ2) is 16.5. The van der Waals surface area contributed by atoms with Crippen molar-refractivity contribution in [1.82, 2.24) is 0 Å². The maximum atomic E-state index is 11.2. The molecule has 10 heteroatoms. The van der Waals surface area contributed by atoms with Crippen LogP contribution < -0.4 is 29.8 Å². The van der Waals surface area contributed by atoms with E-state index in [1.807, 2.05) is 75.1 Å². The Hall–Kier alpha value is -5.38. The summed E-state index contributed by atoms with van der Waals surface area (Å²) in [5.41, 5.74) is 5.45. The molecule has 4 rings (SSSR count). The van der Waals surface area contributed by atoms with Gasteiger partial charge in [-0.05, 0) is 55.0 Å². The van der Waals surface area contributed by atoms with Crippen molar-refractivity contribution in [1.29, 1.82) is 0 Å². The number of aromatic nitrogens is 2. The molecule has 0 aliphatic heterocycles. The Balaban J connectivity index is 1.14. The molecule has 0 radical (unpaired) electrons. The highest BCUT2D eigenvalue weighted by atomic mass is 16.2. The molecule has 0 fully saturated rings. The van der Waals surface area contributed by atoms with Gasteiger partial charge >= 0.3 is 0 Å². The second-order valence-corrected chi connectivity index (χ2v) is 10.8. The molecule has 4 aromatic rings. The van der Waals surface area contributed by atoms with Gasteiger partial charge in [0.05, 0.1) is 23.8 Å². The van der Waals surface area contributed by atoms with Crippen molar-refractivity contribution in [3.63, 3.8) is 0 Å². The molecule has 45 heavy (non-hydrogen) atoms. The van der Waals surface area contributed by atoms with E-state index in [4.69, 9.17) is 0 Å². The van der Waals surface area contributed by atoms with E-state index < -0.39 is 0 Å². The fourth-order valence-electron chi connectivity index (χ4n) is 4.54. The van der Waals surface area contributed by atoms with E-state index in [1.54, 1.807) is 10.0 Å². The van der Waals surface area contributed by atoms with Crippen LogP contribution in [0.2, 0.25) is 0 Å². The van der Waals surface area contributed by atoms with Gasteiger partial charge in [-0.25, -0.2) is 9.13 Å². The van der Waals surface area contributed by atoms with Crippen LogP contribution in [0.4, 0.5) is 22.7 Å². The third kappa shape index (κ3) is 11.0. The van der Waals surface area contributed by atoms with Crippen molar-refractivity contribution < 1.29 is 18.7 Å². The van der Waals surface area contributed by atoms with E-state index in [0.29, 0.717) is 0 Å². The van der Waals surface area contributed by atoms with Gasteiger partial charge in [0, 0.05) is 87.6 Å². The number of pyridine rings is 2. The van der Waals surface area contributed by atoms with Crippen molar-refractivity contribution in [2.24, 2.45) is 10.2 Å². The number of anilines is 4. The molecule has 10 nitrogen and oxygen atoms in total. The van der Waals surface area contributed by atoms with Gasteiger partial charge in [0.1, 0.15) is 13.1 Å². The van der Waals surface area contributed by atoms with E-state index in [0.717, 1.165) is 66.2 Å². The molecule has 0 unspecified atom stereocenters. The molecule has 2 amide bonds. The molecule has 2 aromatic heterocycles. The Kier molecular flexibility index (Phi) is 11.9. The summed E-state index contributed by atoms with van der Waals surface area (Å²) in [7, 11) is 3.79. The standard InChI is InChI=1S/C35H40N8O2/c1-28(44)38-32-8-12-34(13-9-32)40(3)36-26-30-16-22-42(23-17-30)20-6-5-7-21-43-24-18-31(19-25-43)27-37-41(4)35-14-10-33(11-15-35)39-29(2)45/h8-19,22-27H,5-7,20-21H2,1-4H3/p+2. The first-order valence-electron chi connectivity index (χ1n) is 15.0. The van der Waals surface area contributed by atoms with E-state index in [1.165, 1.54) is 13.8 Å². The number of hydrazone groups is 2. The predicted molar refractivity (Wildman–Crippen MR) is 181 cm³/mol. The second-order valence-electron chi connectivity index (χ2n) is 10.8. The molecule has 0 aliphatic carbocycles. The van der Waals surface area contributed by atoms with Crippen molar-refractivity contribution in [2.45, 2.75) is 46.2 Å². The highest BCUT2D eigenvalue weighted by molar-refractivity contribution is 5.89. The Morgan fingerprint density at radius 1 is 0.600 bits per heavy atom. The Bertz CT molecular complexity index is 1460. The van der Waals surface area contributed by atoms with Crippen LogP contribution in [0.25, 0.3) is 0 Å². The average Bonchev–Trinajstić information content (AvgIpc) is 3.03. The van der Waals surface area contributed by atoms with Gasteiger partial charge in [0.2, 0.25) is 11.8 Å². The Morgan fingerprint density at radius 3 is 1.29 bits per heavy atom. The maximum absolute atomic E-state index is 11.2. The zero-order valence-electron chi connectivity index (χ0n) is 26.4. The monoisotopic (exact) mass is 606 g/mol. The van der Waals surface area contributed by atoms with E-state index in [2.05, 4.69) is 79.0 Å². The van der Waals surface area contributed by atoms with Crippen LogP contribution >= 0.6 is 0 Å². The molecule has 2 N–H and O–H groups in total. The van der Waals surface area contributed by atoms with E-state index >= 15 is 0 Å². The number of aryl methyl sites for hydroxylation is 2. The highest BCUT2D eigenvalue weighted by Crippen LogP contribution is 2.18. The minimum atomic E-state index is -0.0887. The summed E-state index contributed by atoms with van der Waals surface area (Å²) in [6, 6.07) is 23.4. The summed E-state index contributed by atoms with van der Waals surface area (Å²) >= 11 is 0. The molecule has 2 heterocycles. The SMILES string of the molecule is CC(=O)Nc1ccc(N(C)/N=C/c2cc[n+](CCCCC[n+]3ccc(/C=N/N(C)c4ccc(NC(C)=O)cc4)cc3)cc2)cc1. The van der Waals surface area contributed by atoms with Crippen LogP contribution in [0.3, 0.4) is 0 Å². The van der Waals surface area contributed by atoms with Gasteiger partial charge in [-0.2, -0.15) is 10.2 Å². The quantitative estimate of drug-likeness (QED) is 0.0915. The Labute approximate surface area is 265 Å². The van der Waals surface area contributed by atoms with Crippen molar-refractivity contribution in [3.05, 3.63) is 109 Å². The van der Waals surface area contributed by atoms with Gasteiger partial charge in [-0.15, -0.1) is 0 Å². The fraction of sp³-hybridized carbons (Fsp3) is 0.257. The largest absolute Gasteiger partial charge is 0.326 e. The normalized spacial score (nSPS) is 11.1. The lowest BCUT2D eigenvalue weighted by Gasteiger charge is -2.13. The summed E-state index contributed by atoms with van der Waals surface area (Å²) in [5.74, 6) is -0.177. The molecule has 0 saturated carbocycles. The summed E-state index contributed by atoms with van der Waals surface area (Å²) in [5, 5.41) is 18.2. The molecular formula is C35H42N8O2+2. The van der Waals surface area contributed by atoms with Crippen molar-refractivity contribution in [3.8, 4) is 0 Å². The summed E-state index contributed by atoms with van der Waals surface area (Å²) < 4.78 is 4.41. The maximum Gasteiger partial charge on any atom is 0.221 e. The lowest BCUT2D eigenvalue weighted by atomic mass is 10.2. The highest BCUT2D eigenvalue weighted by Gasteiger charge is 2.05. The number of benzene rings is 2. The van der Waals surface area contributed by atoms with Gasteiger partial charge in [0.25, 0.3) is 0 Å². The van der Waals surface area contributed by atoms with Crippen molar-refractivity contribution in [2.75, 3.05) is 34.7 Å². The Morgan fingerprint density at radius 2 is 0.956 bits per heavy atom. The van der Waals surface area contributed by atoms with Crippen molar-refractivity contribution >= 4 is 47.0 Å². The number of rotatable bonds is 14. The lowest BCUT2D eigenvalue weighted by molar-refractivity contribution is -0.701. The smallest absolute Gasteiger partial charge is 0.221 e. The first-order valence-corrected chi connectivity index (χ1v) is 15.0. The average molecular weight is 607 g/mol. The molecule has 0 saturated heterocycles. The third-order valence-electron chi connectivity index (χ3n) is 7.05. The van der Waals surface area contributed by atoms with Crippen LogP contribution in [0.1, 0.15) is 44.2 Å². The number of nitrogens with zero attached hydrogens (tertiary/aromatic N) is 6. The zero-order chi connectivity index (χ0) is 32.0. The minimum absolute atomic E-state index is 0.0887. The fourth-order valence-corrected chi connectivity index (χ4v) is 4.54. The number of nitrogens with one attached hydrogen (secondary N) is 2. The van der Waals surface area contributed by atoms with Crippen LogP contribution in [0, 0.1) is 0 Å². The molecule has 2 aromatic carbocycles. The number of hydrogen-bond acceptors (Lipinski definition) is 6. The molecule has 232 valence electrons. The topological polar surface area (TPSA) is 97.2 Å². The number of carbonyl (C=O) groups excluding carboxylic acids is 2. The number of hydrogen-bond donors (Lipinski definition) is 2. The van der Waals surface area contributed by atoms with Crippen LogP contribution in [0.15, 0.2) is 108 Å². The van der Waals surface area contributed by atoms with Crippen LogP contribution in [-0.4, -0.2) is 38.3 Å². The van der Waals surface area contributed by atoms with Crippen LogP contribution in [0.5, 0.6) is 0 Å². The molecular weight excluding hydrogens is 564 g/mol.